The molecule has 0 amide bonds. The third kappa shape index (κ3) is 4.09. The number of aromatic nitrogens is 1. The molecule has 1 aromatic carbocycles. The van der Waals surface area contributed by atoms with E-state index in [0.29, 0.717) is 5.56 Å². The molecule has 6 nitrogen and oxygen atoms in total. The monoisotopic (exact) mass is 346 g/mol. The van der Waals surface area contributed by atoms with Gasteiger partial charge in [-0.25, -0.2) is 4.98 Å². The molecule has 0 aliphatic heterocycles. The molecule has 0 N–H and O–H groups in total. The number of nitrogens with zero attached hydrogens (tertiary/aromatic N) is 2. The molecular weight excluding hydrogens is 336 g/mol. The van der Waals surface area contributed by atoms with Crippen LogP contribution >= 0.6 is 0 Å². The minimum atomic E-state index is -4.60. The first-order valence-corrected chi connectivity index (χ1v) is 6.43. The Hall–Kier alpha value is -2.91. The van der Waals surface area contributed by atoms with E-state index < -0.39 is 23.2 Å². The van der Waals surface area contributed by atoms with Crippen LogP contribution in [-0.4, -0.2) is 22.4 Å². The Kier molecular flexibility index (Phi) is 4.86. The van der Waals surface area contributed by atoms with Crippen molar-refractivity contribution < 1.29 is 32.0 Å². The molecule has 0 radical (unpaired) electrons. The summed E-state index contributed by atoms with van der Waals surface area (Å²) in [6.07, 6.45) is -7.55. The number of pyridine rings is 1. The summed E-state index contributed by atoms with van der Waals surface area (Å²) in [7, 11) is 0. The summed E-state index contributed by atoms with van der Waals surface area (Å²) in [5.41, 5.74) is 0.173. The quantitative estimate of drug-likeness (QED) is 0.442. The van der Waals surface area contributed by atoms with Crippen LogP contribution in [0.15, 0.2) is 36.5 Å². The van der Waals surface area contributed by atoms with Crippen molar-refractivity contribution in [1.29, 1.82) is 0 Å². The highest BCUT2D eigenvalue weighted by atomic mass is 19.3. The molecule has 0 saturated heterocycles. The maximum Gasteiger partial charge on any atom is 0.461 e. The summed E-state index contributed by atoms with van der Waals surface area (Å²) in [6, 6.07) is 5.71. The third-order valence-electron chi connectivity index (χ3n) is 2.77. The lowest BCUT2D eigenvalue weighted by Gasteiger charge is -2.16. The molecule has 0 bridgehead atoms. The van der Waals surface area contributed by atoms with E-state index in [4.69, 9.17) is 4.74 Å². The number of hydrogen-bond donors (Lipinski definition) is 0. The standard InChI is InChI=1S/C14H10F4N2O4/c1-8-6-9(20(21)22)7-19-12(8)23-10-2-4-11(5-3-10)24-14(17,18)13(15)16/h2-7,13H,1H3. The molecule has 0 fully saturated rings. The lowest BCUT2D eigenvalue weighted by Crippen LogP contribution is -2.33. The van der Waals surface area contributed by atoms with Gasteiger partial charge in [-0.3, -0.25) is 10.1 Å². The van der Waals surface area contributed by atoms with Gasteiger partial charge in [0.15, 0.2) is 0 Å². The topological polar surface area (TPSA) is 74.5 Å². The zero-order valence-electron chi connectivity index (χ0n) is 12.1. The van der Waals surface area contributed by atoms with Crippen molar-refractivity contribution in [2.75, 3.05) is 0 Å². The predicted molar refractivity (Wildman–Crippen MR) is 73.7 cm³/mol. The summed E-state index contributed by atoms with van der Waals surface area (Å²) in [5, 5.41) is 10.6. The summed E-state index contributed by atoms with van der Waals surface area (Å²) >= 11 is 0. The average Bonchev–Trinajstić information content (AvgIpc) is 2.50. The van der Waals surface area contributed by atoms with Crippen molar-refractivity contribution in [3.8, 4) is 17.4 Å². The molecule has 0 unspecified atom stereocenters. The van der Waals surface area contributed by atoms with Crippen LogP contribution < -0.4 is 9.47 Å². The number of hydrogen-bond acceptors (Lipinski definition) is 5. The van der Waals surface area contributed by atoms with E-state index >= 15 is 0 Å². The van der Waals surface area contributed by atoms with Gasteiger partial charge in [-0.05, 0) is 31.2 Å². The molecule has 1 aromatic heterocycles. The molecule has 10 heteroatoms. The number of nitro groups is 1. The van der Waals surface area contributed by atoms with Crippen LogP contribution in [0, 0.1) is 17.0 Å². The van der Waals surface area contributed by atoms with Crippen molar-refractivity contribution in [2.45, 2.75) is 19.5 Å². The molecule has 24 heavy (non-hydrogen) atoms. The number of benzene rings is 1. The van der Waals surface area contributed by atoms with Gasteiger partial charge in [0, 0.05) is 11.6 Å². The van der Waals surface area contributed by atoms with Crippen molar-refractivity contribution in [2.24, 2.45) is 0 Å². The fourth-order valence-corrected chi connectivity index (χ4v) is 1.64. The summed E-state index contributed by atoms with van der Waals surface area (Å²) in [6.45, 7) is 1.54. The zero-order chi connectivity index (χ0) is 17.9. The van der Waals surface area contributed by atoms with Gasteiger partial charge in [-0.1, -0.05) is 0 Å². The number of halogens is 4. The average molecular weight is 346 g/mol. The Balaban J connectivity index is 2.11. The minimum absolute atomic E-state index is 0.0761. The molecule has 1 heterocycles. The van der Waals surface area contributed by atoms with E-state index in [1.54, 1.807) is 0 Å². The Morgan fingerprint density at radius 1 is 1.21 bits per heavy atom. The zero-order valence-corrected chi connectivity index (χ0v) is 12.1. The molecule has 128 valence electrons. The molecule has 2 aromatic rings. The maximum atomic E-state index is 12.8. The molecule has 0 aliphatic rings. The number of alkyl halides is 4. The van der Waals surface area contributed by atoms with Crippen molar-refractivity contribution in [3.05, 3.63) is 52.2 Å². The maximum absolute atomic E-state index is 12.8. The number of ether oxygens (including phenoxy) is 2. The van der Waals surface area contributed by atoms with Gasteiger partial charge < -0.3 is 9.47 Å². The highest BCUT2D eigenvalue weighted by Crippen LogP contribution is 2.30. The largest absolute Gasteiger partial charge is 0.461 e. The predicted octanol–water partition coefficient (Wildman–Crippen LogP) is 4.33. The van der Waals surface area contributed by atoms with Crippen LogP contribution in [-0.2, 0) is 0 Å². The van der Waals surface area contributed by atoms with E-state index in [0.717, 1.165) is 18.3 Å². The second-order valence-electron chi connectivity index (χ2n) is 4.61. The Morgan fingerprint density at radius 2 is 1.79 bits per heavy atom. The van der Waals surface area contributed by atoms with E-state index in [1.807, 2.05) is 0 Å². The molecule has 0 aliphatic carbocycles. The van der Waals surface area contributed by atoms with Crippen LogP contribution in [0.5, 0.6) is 17.4 Å². The summed E-state index contributed by atoms with van der Waals surface area (Å²) < 4.78 is 58.9. The van der Waals surface area contributed by atoms with Crippen LogP contribution in [0.3, 0.4) is 0 Å². The Labute approximate surface area is 132 Å². The normalized spacial score (nSPS) is 11.4. The first-order valence-electron chi connectivity index (χ1n) is 6.43. The fourth-order valence-electron chi connectivity index (χ4n) is 1.64. The smallest absolute Gasteiger partial charge is 0.439 e. The van der Waals surface area contributed by atoms with Gasteiger partial charge in [-0.2, -0.15) is 17.6 Å². The molecular formula is C14H10F4N2O4. The summed E-state index contributed by atoms with van der Waals surface area (Å²) in [5.74, 6) is -0.236. The number of aryl methyl sites for hydroxylation is 1. The number of rotatable bonds is 6. The Morgan fingerprint density at radius 3 is 2.29 bits per heavy atom. The first kappa shape index (κ1) is 17.4. The molecule has 0 saturated carbocycles. The van der Waals surface area contributed by atoms with Crippen LogP contribution in [0.2, 0.25) is 0 Å². The highest BCUT2D eigenvalue weighted by molar-refractivity contribution is 5.40. The lowest BCUT2D eigenvalue weighted by atomic mass is 10.3. The second kappa shape index (κ2) is 6.69. The van der Waals surface area contributed by atoms with E-state index in [2.05, 4.69) is 9.72 Å². The minimum Gasteiger partial charge on any atom is -0.439 e. The SMILES string of the molecule is Cc1cc([N+](=O)[O-])cnc1Oc1ccc(OC(F)(F)C(F)F)cc1. The molecule has 2 rings (SSSR count). The van der Waals surface area contributed by atoms with Crippen LogP contribution in [0.1, 0.15) is 5.56 Å². The second-order valence-corrected chi connectivity index (χ2v) is 4.61. The van der Waals surface area contributed by atoms with Gasteiger partial charge >= 0.3 is 12.5 Å². The van der Waals surface area contributed by atoms with Crippen molar-refractivity contribution in [3.63, 3.8) is 0 Å². The van der Waals surface area contributed by atoms with Crippen molar-refractivity contribution >= 4 is 5.69 Å². The molecule has 0 atom stereocenters. The summed E-state index contributed by atoms with van der Waals surface area (Å²) in [4.78, 5) is 13.8. The molecule has 0 spiro atoms. The van der Waals surface area contributed by atoms with E-state index in [9.17, 15) is 27.7 Å². The van der Waals surface area contributed by atoms with Gasteiger partial charge in [0.2, 0.25) is 5.88 Å². The van der Waals surface area contributed by atoms with Crippen LogP contribution in [0.4, 0.5) is 23.2 Å². The van der Waals surface area contributed by atoms with E-state index in [1.165, 1.54) is 25.1 Å². The fraction of sp³-hybridized carbons (Fsp3) is 0.214. The van der Waals surface area contributed by atoms with Gasteiger partial charge in [-0.15, -0.1) is 0 Å². The third-order valence-corrected chi connectivity index (χ3v) is 2.77. The van der Waals surface area contributed by atoms with Gasteiger partial charge in [0.1, 0.15) is 17.7 Å². The van der Waals surface area contributed by atoms with Crippen LogP contribution in [0.25, 0.3) is 0 Å². The Bertz CT molecular complexity index is 738. The highest BCUT2D eigenvalue weighted by Gasteiger charge is 2.43. The lowest BCUT2D eigenvalue weighted by molar-refractivity contribution is -0.385. The van der Waals surface area contributed by atoms with Crippen molar-refractivity contribution in [1.82, 2.24) is 4.98 Å². The first-order chi connectivity index (χ1) is 11.2. The van der Waals surface area contributed by atoms with E-state index in [-0.39, 0.29) is 17.3 Å². The van der Waals surface area contributed by atoms with Gasteiger partial charge in [0.25, 0.3) is 5.69 Å². The van der Waals surface area contributed by atoms with Gasteiger partial charge in [0.05, 0.1) is 4.92 Å².